The Balaban J connectivity index is 2.01. The summed E-state index contributed by atoms with van der Waals surface area (Å²) in [4.78, 5) is 0. The Labute approximate surface area is 108 Å². The van der Waals surface area contributed by atoms with Crippen LogP contribution in [0.25, 0.3) is 0 Å². The van der Waals surface area contributed by atoms with Crippen molar-refractivity contribution in [2.24, 2.45) is 5.73 Å². The molecule has 0 unspecified atom stereocenters. The summed E-state index contributed by atoms with van der Waals surface area (Å²) in [7, 11) is 0. The zero-order valence-corrected chi connectivity index (χ0v) is 11.2. The average Bonchev–Trinajstić information content (AvgIpc) is 2.25. The number of nitrogens with two attached hydrogens (primary N) is 1. The van der Waals surface area contributed by atoms with Crippen LogP contribution in [0.5, 0.6) is 5.75 Å². The lowest BCUT2D eigenvalue weighted by Gasteiger charge is -2.51. The lowest BCUT2D eigenvalue weighted by atomic mass is 9.65. The van der Waals surface area contributed by atoms with Gasteiger partial charge in [0.25, 0.3) is 0 Å². The maximum absolute atomic E-state index is 6.37. The first-order valence-electron chi connectivity index (χ1n) is 6.66. The fraction of sp³-hybridized carbons (Fsp3) is 0.600. The molecule has 3 rings (SSSR count). The maximum Gasteiger partial charge on any atom is 0.122 e. The molecule has 0 amide bonds. The van der Waals surface area contributed by atoms with E-state index in [0.29, 0.717) is 0 Å². The highest BCUT2D eigenvalue weighted by Gasteiger charge is 2.50. The van der Waals surface area contributed by atoms with Gasteiger partial charge in [-0.2, -0.15) is 0 Å². The van der Waals surface area contributed by atoms with Gasteiger partial charge in [-0.15, -0.1) is 0 Å². The van der Waals surface area contributed by atoms with Crippen molar-refractivity contribution >= 4 is 0 Å². The zero-order valence-electron chi connectivity index (χ0n) is 11.2. The molecule has 0 spiro atoms. The van der Waals surface area contributed by atoms with Crippen LogP contribution in [-0.2, 0) is 16.6 Å². The highest BCUT2D eigenvalue weighted by Crippen LogP contribution is 2.42. The van der Waals surface area contributed by atoms with Gasteiger partial charge in [0, 0.05) is 5.54 Å². The topological polar surface area (TPSA) is 44.5 Å². The number of hydrogen-bond donors (Lipinski definition) is 1. The lowest BCUT2D eigenvalue weighted by molar-refractivity contribution is -0.0919. The Bertz CT molecular complexity index is 458. The summed E-state index contributed by atoms with van der Waals surface area (Å²) in [5.74, 6) is 1.04. The second kappa shape index (κ2) is 3.97. The molecule has 2 heterocycles. The number of rotatable bonds is 2. The minimum atomic E-state index is -0.269. The second-order valence-corrected chi connectivity index (χ2v) is 6.07. The second-order valence-electron chi connectivity index (χ2n) is 6.07. The van der Waals surface area contributed by atoms with E-state index in [1.807, 2.05) is 0 Å². The number of fused-ring (bicyclic) bond motifs is 1. The number of hydrogen-bond acceptors (Lipinski definition) is 3. The summed E-state index contributed by atoms with van der Waals surface area (Å²) in [5, 5.41) is 0. The molecule has 3 heteroatoms. The van der Waals surface area contributed by atoms with Gasteiger partial charge in [0.2, 0.25) is 0 Å². The first-order valence-corrected chi connectivity index (χ1v) is 6.66. The van der Waals surface area contributed by atoms with Crippen molar-refractivity contribution in [2.75, 3.05) is 19.8 Å². The van der Waals surface area contributed by atoms with Gasteiger partial charge >= 0.3 is 0 Å². The van der Waals surface area contributed by atoms with Gasteiger partial charge in [-0.05, 0) is 43.9 Å². The quantitative estimate of drug-likeness (QED) is 0.869. The van der Waals surface area contributed by atoms with E-state index in [0.717, 1.165) is 38.4 Å². The van der Waals surface area contributed by atoms with Crippen molar-refractivity contribution < 1.29 is 9.47 Å². The van der Waals surface area contributed by atoms with Crippen LogP contribution in [0.1, 0.15) is 31.4 Å². The summed E-state index contributed by atoms with van der Waals surface area (Å²) < 4.78 is 11.1. The molecule has 18 heavy (non-hydrogen) atoms. The Kier molecular flexibility index (Phi) is 2.65. The van der Waals surface area contributed by atoms with E-state index in [4.69, 9.17) is 15.2 Å². The lowest BCUT2D eigenvalue weighted by Crippen LogP contribution is -2.64. The molecule has 0 aliphatic carbocycles. The predicted octanol–water partition coefficient (Wildman–Crippen LogP) is 2.02. The number of benzene rings is 1. The third-order valence-corrected chi connectivity index (χ3v) is 4.39. The molecule has 0 radical (unpaired) electrons. The Morgan fingerprint density at radius 1 is 1.28 bits per heavy atom. The van der Waals surface area contributed by atoms with Crippen molar-refractivity contribution in [2.45, 2.75) is 37.6 Å². The van der Waals surface area contributed by atoms with Crippen LogP contribution in [0, 0.1) is 0 Å². The third-order valence-electron chi connectivity index (χ3n) is 4.39. The highest BCUT2D eigenvalue weighted by atomic mass is 16.5. The summed E-state index contributed by atoms with van der Waals surface area (Å²) in [6, 6.07) is 6.52. The minimum absolute atomic E-state index is 0.0422. The molecule has 0 atom stereocenters. The summed E-state index contributed by atoms with van der Waals surface area (Å²) >= 11 is 0. The van der Waals surface area contributed by atoms with Gasteiger partial charge in [-0.1, -0.05) is 12.1 Å². The molecule has 1 aromatic carbocycles. The fourth-order valence-corrected chi connectivity index (χ4v) is 2.87. The molecule has 98 valence electrons. The molecular weight excluding hydrogens is 226 g/mol. The maximum atomic E-state index is 6.37. The van der Waals surface area contributed by atoms with E-state index in [2.05, 4.69) is 32.0 Å². The third kappa shape index (κ3) is 1.65. The summed E-state index contributed by atoms with van der Waals surface area (Å²) in [5.41, 5.74) is 8.67. The van der Waals surface area contributed by atoms with Crippen LogP contribution >= 0.6 is 0 Å². The molecule has 2 aliphatic rings. The van der Waals surface area contributed by atoms with Crippen molar-refractivity contribution in [3.8, 4) is 5.75 Å². The van der Waals surface area contributed by atoms with Gasteiger partial charge < -0.3 is 15.2 Å². The number of ether oxygens (including phenoxy) is 2. The van der Waals surface area contributed by atoms with Gasteiger partial charge in [-0.3, -0.25) is 0 Å². The van der Waals surface area contributed by atoms with Gasteiger partial charge in [-0.25, -0.2) is 0 Å². The van der Waals surface area contributed by atoms with E-state index in [-0.39, 0.29) is 11.0 Å². The molecular formula is C15H21NO2. The first-order chi connectivity index (χ1) is 8.53. The molecule has 0 bridgehead atoms. The van der Waals surface area contributed by atoms with Crippen molar-refractivity contribution in [3.63, 3.8) is 0 Å². The standard InChI is InChI=1S/C15H21NO2/c1-14(2,16)15(9-17-10-15)12-5-6-13-11(8-12)4-3-7-18-13/h5-6,8H,3-4,7,9-10,16H2,1-2H3. The Morgan fingerprint density at radius 3 is 2.67 bits per heavy atom. The van der Waals surface area contributed by atoms with E-state index in [9.17, 15) is 0 Å². The molecule has 2 N–H and O–H groups in total. The molecule has 0 aromatic heterocycles. The molecule has 1 aromatic rings. The smallest absolute Gasteiger partial charge is 0.122 e. The van der Waals surface area contributed by atoms with Crippen LogP contribution in [0.4, 0.5) is 0 Å². The minimum Gasteiger partial charge on any atom is -0.493 e. The van der Waals surface area contributed by atoms with Crippen molar-refractivity contribution in [1.82, 2.24) is 0 Å². The monoisotopic (exact) mass is 247 g/mol. The van der Waals surface area contributed by atoms with Gasteiger partial charge in [0.15, 0.2) is 0 Å². The summed E-state index contributed by atoms with van der Waals surface area (Å²) in [6.45, 7) is 6.45. The van der Waals surface area contributed by atoms with Crippen molar-refractivity contribution in [3.05, 3.63) is 29.3 Å². The average molecular weight is 247 g/mol. The molecule has 2 aliphatic heterocycles. The van der Waals surface area contributed by atoms with Crippen LogP contribution in [0.15, 0.2) is 18.2 Å². The SMILES string of the molecule is CC(C)(N)C1(c2ccc3c(c2)CCCO3)COC1. The van der Waals surface area contributed by atoms with Gasteiger partial charge in [0.05, 0.1) is 25.2 Å². The van der Waals surface area contributed by atoms with Crippen LogP contribution in [0.3, 0.4) is 0 Å². The predicted molar refractivity (Wildman–Crippen MR) is 71.0 cm³/mol. The first kappa shape index (κ1) is 12.0. The normalized spacial score (nSPS) is 21.7. The van der Waals surface area contributed by atoms with Crippen LogP contribution in [0.2, 0.25) is 0 Å². The van der Waals surface area contributed by atoms with Crippen molar-refractivity contribution in [1.29, 1.82) is 0 Å². The van der Waals surface area contributed by atoms with Gasteiger partial charge in [0.1, 0.15) is 5.75 Å². The zero-order chi connectivity index (χ0) is 12.8. The summed E-state index contributed by atoms with van der Waals surface area (Å²) in [6.07, 6.45) is 2.21. The number of aryl methyl sites for hydroxylation is 1. The Hall–Kier alpha value is -1.06. The highest BCUT2D eigenvalue weighted by molar-refractivity contribution is 5.43. The molecule has 3 nitrogen and oxygen atoms in total. The molecule has 1 saturated heterocycles. The van der Waals surface area contributed by atoms with E-state index in [1.54, 1.807) is 0 Å². The molecule has 1 fully saturated rings. The van der Waals surface area contributed by atoms with E-state index < -0.39 is 0 Å². The van der Waals surface area contributed by atoms with Crippen LogP contribution in [-0.4, -0.2) is 25.4 Å². The fourth-order valence-electron chi connectivity index (χ4n) is 2.87. The van der Waals surface area contributed by atoms with E-state index >= 15 is 0 Å². The molecule has 0 saturated carbocycles. The Morgan fingerprint density at radius 2 is 2.06 bits per heavy atom. The van der Waals surface area contributed by atoms with Crippen LogP contribution < -0.4 is 10.5 Å². The van der Waals surface area contributed by atoms with E-state index in [1.165, 1.54) is 11.1 Å². The largest absolute Gasteiger partial charge is 0.493 e.